The van der Waals surface area contributed by atoms with Crippen LogP contribution in [0.2, 0.25) is 5.02 Å². The van der Waals surface area contributed by atoms with E-state index in [0.29, 0.717) is 13.0 Å². The zero-order valence-electron chi connectivity index (χ0n) is 13.1. The van der Waals surface area contributed by atoms with Gasteiger partial charge in [-0.2, -0.15) is 4.72 Å². The average molecular weight is 365 g/mol. The monoisotopic (exact) mass is 364 g/mol. The Morgan fingerprint density at radius 1 is 1.12 bits per heavy atom. The van der Waals surface area contributed by atoms with Crippen LogP contribution in [0, 0.1) is 6.92 Å². The van der Waals surface area contributed by atoms with Crippen molar-refractivity contribution in [1.29, 1.82) is 0 Å². The maximum atomic E-state index is 12.6. The number of nitrogens with one attached hydrogen (secondary N) is 1. The predicted molar refractivity (Wildman–Crippen MR) is 93.7 cm³/mol. The number of halogens is 1. The second-order valence-electron chi connectivity index (χ2n) is 5.72. The Morgan fingerprint density at radius 3 is 2.46 bits per heavy atom. The molecule has 2 aromatic carbocycles. The molecule has 1 saturated heterocycles. The van der Waals surface area contributed by atoms with Crippen LogP contribution >= 0.6 is 11.6 Å². The van der Waals surface area contributed by atoms with Crippen LogP contribution in [0.3, 0.4) is 0 Å². The van der Waals surface area contributed by atoms with Gasteiger partial charge in [-0.05, 0) is 37.6 Å². The molecule has 1 N–H and O–H groups in total. The number of hydrogen-bond acceptors (Lipinski definition) is 3. The van der Waals surface area contributed by atoms with E-state index in [9.17, 15) is 13.2 Å². The molecule has 1 aliphatic heterocycles. The van der Waals surface area contributed by atoms with Gasteiger partial charge in [-0.3, -0.25) is 4.79 Å². The lowest BCUT2D eigenvalue weighted by Gasteiger charge is -2.17. The Morgan fingerprint density at radius 2 is 1.79 bits per heavy atom. The second kappa shape index (κ2) is 6.55. The van der Waals surface area contributed by atoms with Crippen molar-refractivity contribution in [3.8, 4) is 0 Å². The Balaban J connectivity index is 1.79. The number of rotatable bonds is 4. The molecule has 0 saturated carbocycles. The normalized spacial score (nSPS) is 18.2. The maximum Gasteiger partial charge on any atom is 0.245 e. The fourth-order valence-corrected chi connectivity index (χ4v) is 4.43. The number of aryl methyl sites for hydroxylation is 1. The van der Waals surface area contributed by atoms with Crippen LogP contribution in [-0.2, 0) is 14.8 Å². The molecular formula is C17H17ClN2O3S. The molecule has 1 fully saturated rings. The average Bonchev–Trinajstić information content (AvgIpc) is 2.89. The number of carbonyl (C=O) groups is 1. The molecule has 0 aliphatic carbocycles. The van der Waals surface area contributed by atoms with Crippen molar-refractivity contribution >= 4 is 33.2 Å². The van der Waals surface area contributed by atoms with Crippen molar-refractivity contribution in [2.24, 2.45) is 0 Å². The van der Waals surface area contributed by atoms with E-state index in [4.69, 9.17) is 11.6 Å². The first kappa shape index (κ1) is 17.0. The Labute approximate surface area is 146 Å². The first-order valence-corrected chi connectivity index (χ1v) is 9.39. The van der Waals surface area contributed by atoms with Gasteiger partial charge in [0.25, 0.3) is 0 Å². The standard InChI is InChI=1S/C17H17ClN2O3S/c1-12-6-8-13(9-7-12)20-11-10-15(17(20)21)19-24(22,23)16-5-3-2-4-14(16)18/h2-9,15,19H,10-11H2,1H3/t15-/m0/s1. The summed E-state index contributed by atoms with van der Waals surface area (Å²) >= 11 is 5.96. The van der Waals surface area contributed by atoms with Gasteiger partial charge in [-0.15, -0.1) is 0 Å². The van der Waals surface area contributed by atoms with Gasteiger partial charge in [0.15, 0.2) is 0 Å². The SMILES string of the molecule is Cc1ccc(N2CC[C@H](NS(=O)(=O)c3ccccc3Cl)C2=O)cc1. The summed E-state index contributed by atoms with van der Waals surface area (Å²) in [4.78, 5) is 14.1. The summed E-state index contributed by atoms with van der Waals surface area (Å²) in [6, 6.07) is 12.9. The van der Waals surface area contributed by atoms with Gasteiger partial charge in [0, 0.05) is 12.2 Å². The molecule has 126 valence electrons. The van der Waals surface area contributed by atoms with Gasteiger partial charge in [0.2, 0.25) is 15.9 Å². The van der Waals surface area contributed by atoms with Crippen LogP contribution in [0.15, 0.2) is 53.4 Å². The minimum atomic E-state index is -3.85. The molecule has 0 unspecified atom stereocenters. The van der Waals surface area contributed by atoms with Crippen molar-refractivity contribution in [3.63, 3.8) is 0 Å². The van der Waals surface area contributed by atoms with Crippen molar-refractivity contribution in [2.45, 2.75) is 24.3 Å². The lowest BCUT2D eigenvalue weighted by atomic mass is 10.2. The molecule has 0 radical (unpaired) electrons. The highest BCUT2D eigenvalue weighted by atomic mass is 35.5. The summed E-state index contributed by atoms with van der Waals surface area (Å²) in [6.45, 7) is 2.44. The molecule has 1 atom stereocenters. The van der Waals surface area contributed by atoms with Crippen LogP contribution in [-0.4, -0.2) is 26.9 Å². The van der Waals surface area contributed by atoms with E-state index >= 15 is 0 Å². The molecule has 1 amide bonds. The third-order valence-corrected chi connectivity index (χ3v) is 5.95. The number of nitrogens with zero attached hydrogens (tertiary/aromatic N) is 1. The van der Waals surface area contributed by atoms with Gasteiger partial charge in [-0.25, -0.2) is 8.42 Å². The smallest absolute Gasteiger partial charge is 0.245 e. The Hall–Kier alpha value is -1.89. The highest BCUT2D eigenvalue weighted by Gasteiger charge is 2.36. The van der Waals surface area contributed by atoms with Crippen LogP contribution < -0.4 is 9.62 Å². The molecule has 5 nitrogen and oxygen atoms in total. The van der Waals surface area contributed by atoms with E-state index in [1.54, 1.807) is 17.0 Å². The van der Waals surface area contributed by atoms with Crippen LogP contribution in [0.4, 0.5) is 5.69 Å². The summed E-state index contributed by atoms with van der Waals surface area (Å²) in [6.07, 6.45) is 0.413. The highest BCUT2D eigenvalue weighted by molar-refractivity contribution is 7.89. The van der Waals surface area contributed by atoms with E-state index < -0.39 is 16.1 Å². The van der Waals surface area contributed by atoms with Gasteiger partial charge < -0.3 is 4.90 Å². The molecule has 0 spiro atoms. The number of amides is 1. The zero-order valence-corrected chi connectivity index (χ0v) is 14.6. The quantitative estimate of drug-likeness (QED) is 0.907. The van der Waals surface area contributed by atoms with Crippen LogP contribution in [0.5, 0.6) is 0 Å². The Kier molecular flexibility index (Phi) is 4.62. The summed E-state index contributed by atoms with van der Waals surface area (Å²) in [5.74, 6) is -0.255. The largest absolute Gasteiger partial charge is 0.311 e. The summed E-state index contributed by atoms with van der Waals surface area (Å²) in [5, 5.41) is 0.130. The first-order chi connectivity index (χ1) is 11.4. The predicted octanol–water partition coefficient (Wildman–Crippen LogP) is 2.73. The van der Waals surface area contributed by atoms with E-state index in [1.807, 2.05) is 31.2 Å². The fourth-order valence-electron chi connectivity index (χ4n) is 2.68. The molecule has 3 rings (SSSR count). The molecule has 24 heavy (non-hydrogen) atoms. The molecule has 0 aromatic heterocycles. The van der Waals surface area contributed by atoms with Gasteiger partial charge >= 0.3 is 0 Å². The molecule has 7 heteroatoms. The third kappa shape index (κ3) is 3.31. The fraction of sp³-hybridized carbons (Fsp3) is 0.235. The molecule has 2 aromatic rings. The van der Waals surface area contributed by atoms with E-state index in [1.165, 1.54) is 12.1 Å². The van der Waals surface area contributed by atoms with Crippen LogP contribution in [0.25, 0.3) is 0 Å². The van der Waals surface area contributed by atoms with Crippen molar-refractivity contribution in [3.05, 3.63) is 59.1 Å². The topological polar surface area (TPSA) is 66.5 Å². The Bertz CT molecular complexity index is 866. The van der Waals surface area contributed by atoms with E-state index in [2.05, 4.69) is 4.72 Å². The van der Waals surface area contributed by atoms with Gasteiger partial charge in [0.1, 0.15) is 10.9 Å². The summed E-state index contributed by atoms with van der Waals surface area (Å²) in [5.41, 5.74) is 1.87. The van der Waals surface area contributed by atoms with Crippen molar-refractivity contribution < 1.29 is 13.2 Å². The number of sulfonamides is 1. The number of hydrogen-bond donors (Lipinski definition) is 1. The highest BCUT2D eigenvalue weighted by Crippen LogP contribution is 2.25. The number of benzene rings is 2. The lowest BCUT2D eigenvalue weighted by Crippen LogP contribution is -2.41. The molecule has 1 aliphatic rings. The minimum Gasteiger partial charge on any atom is -0.311 e. The van der Waals surface area contributed by atoms with Crippen molar-refractivity contribution in [1.82, 2.24) is 4.72 Å². The van der Waals surface area contributed by atoms with E-state index in [0.717, 1.165) is 11.3 Å². The number of carbonyl (C=O) groups excluding carboxylic acids is 1. The minimum absolute atomic E-state index is 0.0201. The van der Waals surface area contributed by atoms with Gasteiger partial charge in [0.05, 0.1) is 5.02 Å². The van der Waals surface area contributed by atoms with Crippen LogP contribution in [0.1, 0.15) is 12.0 Å². The zero-order chi connectivity index (χ0) is 17.3. The maximum absolute atomic E-state index is 12.6. The summed E-state index contributed by atoms with van der Waals surface area (Å²) in [7, 11) is -3.85. The van der Waals surface area contributed by atoms with Crippen molar-refractivity contribution in [2.75, 3.05) is 11.4 Å². The van der Waals surface area contributed by atoms with E-state index in [-0.39, 0.29) is 15.8 Å². The summed E-state index contributed by atoms with van der Waals surface area (Å²) < 4.78 is 27.4. The second-order valence-corrected chi connectivity index (χ2v) is 7.81. The number of anilines is 1. The lowest BCUT2D eigenvalue weighted by molar-refractivity contribution is -0.118. The molecule has 0 bridgehead atoms. The molecular weight excluding hydrogens is 348 g/mol. The first-order valence-electron chi connectivity index (χ1n) is 7.53. The third-order valence-electron chi connectivity index (χ3n) is 3.97. The molecule has 1 heterocycles. The van der Waals surface area contributed by atoms with Gasteiger partial charge in [-0.1, -0.05) is 41.4 Å².